The van der Waals surface area contributed by atoms with Crippen molar-refractivity contribution in [3.8, 4) is 0 Å². The van der Waals surface area contributed by atoms with Gasteiger partial charge in [-0.25, -0.2) is 9.37 Å². The number of nitrogens with one attached hydrogen (secondary N) is 1. The van der Waals surface area contributed by atoms with Gasteiger partial charge in [-0.1, -0.05) is 11.3 Å². The zero-order chi connectivity index (χ0) is 21.4. The molecule has 3 heterocycles. The van der Waals surface area contributed by atoms with Crippen molar-refractivity contribution in [1.29, 1.82) is 0 Å². The van der Waals surface area contributed by atoms with E-state index in [9.17, 15) is 9.18 Å². The van der Waals surface area contributed by atoms with Crippen LogP contribution in [0.15, 0.2) is 24.3 Å². The van der Waals surface area contributed by atoms with Gasteiger partial charge in [0.2, 0.25) is 0 Å². The van der Waals surface area contributed by atoms with Crippen molar-refractivity contribution in [2.45, 2.75) is 13.0 Å². The van der Waals surface area contributed by atoms with Crippen LogP contribution in [0.4, 0.5) is 15.2 Å². The molecule has 1 atom stereocenters. The summed E-state index contributed by atoms with van der Waals surface area (Å²) in [5.74, 6) is -0.446. The van der Waals surface area contributed by atoms with E-state index in [4.69, 9.17) is 0 Å². The van der Waals surface area contributed by atoms with Crippen molar-refractivity contribution >= 4 is 48.9 Å². The summed E-state index contributed by atoms with van der Waals surface area (Å²) in [6.07, 6.45) is 0. The van der Waals surface area contributed by atoms with Crippen molar-refractivity contribution in [3.05, 3.63) is 40.5 Å². The standard InChI is InChI=1S/C21H26FN5OS2/c1-13(15-11-14(22)5-6-16(15)27-9-7-26(4)8-10-27)23-19(28)17-12-18-20(29-17)24-21(30-18)25(2)3/h5-6,11-13H,7-10H2,1-4H3,(H,23,28). The van der Waals surface area contributed by atoms with E-state index >= 15 is 0 Å². The monoisotopic (exact) mass is 447 g/mol. The molecule has 0 radical (unpaired) electrons. The fourth-order valence-corrected chi connectivity index (χ4v) is 5.62. The SMILES string of the molecule is CC(NC(=O)c1cc2sc(N(C)C)nc2s1)c1cc(F)ccc1N1CCN(C)CC1. The average Bonchev–Trinajstić information content (AvgIpc) is 3.28. The molecule has 2 aromatic heterocycles. The number of likely N-dealkylation sites (N-methyl/N-ethyl adjacent to an activating group) is 1. The van der Waals surface area contributed by atoms with Gasteiger partial charge in [-0.3, -0.25) is 4.79 Å². The molecule has 1 fully saturated rings. The summed E-state index contributed by atoms with van der Waals surface area (Å²) in [6.45, 7) is 5.61. The second kappa shape index (κ2) is 8.49. The second-order valence-corrected chi connectivity index (χ2v) is 9.90. The zero-order valence-electron chi connectivity index (χ0n) is 17.6. The molecule has 4 rings (SSSR count). The van der Waals surface area contributed by atoms with E-state index in [-0.39, 0.29) is 17.8 Å². The molecule has 1 unspecified atom stereocenters. The molecule has 1 aromatic carbocycles. The summed E-state index contributed by atoms with van der Waals surface area (Å²) in [6, 6.07) is 6.43. The van der Waals surface area contributed by atoms with Crippen molar-refractivity contribution in [3.63, 3.8) is 0 Å². The lowest BCUT2D eigenvalue weighted by Gasteiger charge is -2.36. The summed E-state index contributed by atoms with van der Waals surface area (Å²) in [5, 5.41) is 3.97. The molecule has 0 spiro atoms. The fraction of sp³-hybridized carbons (Fsp3) is 0.429. The van der Waals surface area contributed by atoms with Gasteiger partial charge in [0, 0.05) is 51.5 Å². The first-order chi connectivity index (χ1) is 14.3. The molecule has 0 aliphatic carbocycles. The zero-order valence-corrected chi connectivity index (χ0v) is 19.2. The van der Waals surface area contributed by atoms with Crippen LogP contribution < -0.4 is 15.1 Å². The number of carbonyl (C=O) groups excluding carboxylic acids is 1. The highest BCUT2D eigenvalue weighted by molar-refractivity contribution is 7.29. The molecule has 1 amide bonds. The van der Waals surface area contributed by atoms with Crippen LogP contribution in [0.1, 0.15) is 28.2 Å². The van der Waals surface area contributed by atoms with Gasteiger partial charge in [0.1, 0.15) is 10.6 Å². The number of amides is 1. The Balaban J connectivity index is 1.53. The highest BCUT2D eigenvalue weighted by Crippen LogP contribution is 2.34. The number of thiazole rings is 1. The maximum atomic E-state index is 14.0. The summed E-state index contributed by atoms with van der Waals surface area (Å²) >= 11 is 2.95. The second-order valence-electron chi connectivity index (χ2n) is 7.86. The predicted molar refractivity (Wildman–Crippen MR) is 124 cm³/mol. The van der Waals surface area contributed by atoms with Crippen molar-refractivity contribution in [2.24, 2.45) is 0 Å². The Morgan fingerprint density at radius 3 is 2.60 bits per heavy atom. The molecule has 30 heavy (non-hydrogen) atoms. The van der Waals surface area contributed by atoms with Crippen LogP contribution in [-0.4, -0.2) is 63.1 Å². The summed E-state index contributed by atoms with van der Waals surface area (Å²) in [4.78, 5) is 25.5. The van der Waals surface area contributed by atoms with Crippen molar-refractivity contribution in [2.75, 3.05) is 57.1 Å². The summed E-state index contributed by atoms with van der Waals surface area (Å²) in [5.41, 5.74) is 1.79. The van der Waals surface area contributed by atoms with E-state index in [1.54, 1.807) is 11.3 Å². The van der Waals surface area contributed by atoms with Crippen LogP contribution in [0.25, 0.3) is 9.53 Å². The Morgan fingerprint density at radius 2 is 1.93 bits per heavy atom. The average molecular weight is 448 g/mol. The van der Waals surface area contributed by atoms with E-state index in [2.05, 4.69) is 27.1 Å². The van der Waals surface area contributed by atoms with Gasteiger partial charge in [0.25, 0.3) is 5.91 Å². The lowest BCUT2D eigenvalue weighted by Crippen LogP contribution is -2.45. The quantitative estimate of drug-likeness (QED) is 0.645. The summed E-state index contributed by atoms with van der Waals surface area (Å²) < 4.78 is 15.1. The van der Waals surface area contributed by atoms with Gasteiger partial charge in [-0.05, 0) is 38.2 Å². The lowest BCUT2D eigenvalue weighted by atomic mass is 10.0. The van der Waals surface area contributed by atoms with E-state index in [1.165, 1.54) is 23.5 Å². The van der Waals surface area contributed by atoms with Gasteiger partial charge >= 0.3 is 0 Å². The Labute approximate surface area is 183 Å². The van der Waals surface area contributed by atoms with Gasteiger partial charge < -0.3 is 20.0 Å². The number of piperazine rings is 1. The molecule has 0 saturated carbocycles. The first-order valence-electron chi connectivity index (χ1n) is 9.93. The number of rotatable bonds is 5. The molecule has 9 heteroatoms. The molecule has 1 aliphatic rings. The minimum atomic E-state index is -0.312. The van der Waals surface area contributed by atoms with Crippen molar-refractivity contribution in [1.82, 2.24) is 15.2 Å². The molecular weight excluding hydrogens is 421 g/mol. The van der Waals surface area contributed by atoms with E-state index in [0.29, 0.717) is 4.88 Å². The number of thiophene rings is 1. The fourth-order valence-electron chi connectivity index (χ4n) is 3.58. The summed E-state index contributed by atoms with van der Waals surface area (Å²) in [7, 11) is 6.01. The lowest BCUT2D eigenvalue weighted by molar-refractivity contribution is 0.0944. The number of halogens is 1. The third kappa shape index (κ3) is 4.28. The first kappa shape index (κ1) is 21.0. The van der Waals surface area contributed by atoms with Gasteiger partial charge in [-0.2, -0.15) is 0 Å². The van der Waals surface area contributed by atoms with Crippen LogP contribution in [0.3, 0.4) is 0 Å². The highest BCUT2D eigenvalue weighted by atomic mass is 32.1. The minimum Gasteiger partial charge on any atom is -0.369 e. The number of benzene rings is 1. The molecule has 160 valence electrons. The van der Waals surface area contributed by atoms with Gasteiger partial charge in [0.05, 0.1) is 15.6 Å². The largest absolute Gasteiger partial charge is 0.369 e. The maximum Gasteiger partial charge on any atom is 0.261 e. The number of aromatic nitrogens is 1. The molecule has 3 aromatic rings. The number of hydrogen-bond donors (Lipinski definition) is 1. The number of hydrogen-bond acceptors (Lipinski definition) is 7. The van der Waals surface area contributed by atoms with Crippen LogP contribution in [0, 0.1) is 5.82 Å². The first-order valence-corrected chi connectivity index (χ1v) is 11.6. The molecule has 1 N–H and O–H groups in total. The topological polar surface area (TPSA) is 51.7 Å². The molecular formula is C21H26FN5OS2. The maximum absolute atomic E-state index is 14.0. The van der Waals surface area contributed by atoms with Crippen LogP contribution in [0.5, 0.6) is 0 Å². The Bertz CT molecular complexity index is 1020. The Morgan fingerprint density at radius 1 is 1.20 bits per heavy atom. The molecule has 6 nitrogen and oxygen atoms in total. The van der Waals surface area contributed by atoms with E-state index in [0.717, 1.165) is 52.1 Å². The smallest absolute Gasteiger partial charge is 0.261 e. The number of fused-ring (bicyclic) bond motifs is 1. The molecule has 1 saturated heterocycles. The predicted octanol–water partition coefficient (Wildman–Crippen LogP) is 3.81. The Kier molecular flexibility index (Phi) is 5.95. The van der Waals surface area contributed by atoms with E-state index in [1.807, 2.05) is 38.1 Å². The highest BCUT2D eigenvalue weighted by Gasteiger charge is 2.22. The molecule has 0 bridgehead atoms. The van der Waals surface area contributed by atoms with Crippen LogP contribution in [0.2, 0.25) is 0 Å². The van der Waals surface area contributed by atoms with Gasteiger partial charge in [-0.15, -0.1) is 11.3 Å². The van der Waals surface area contributed by atoms with Crippen LogP contribution >= 0.6 is 22.7 Å². The van der Waals surface area contributed by atoms with Crippen LogP contribution in [-0.2, 0) is 0 Å². The third-order valence-corrected chi connectivity index (χ3v) is 7.66. The number of anilines is 2. The molecule has 1 aliphatic heterocycles. The van der Waals surface area contributed by atoms with E-state index < -0.39 is 0 Å². The normalized spacial score (nSPS) is 16.1. The van der Waals surface area contributed by atoms with Crippen molar-refractivity contribution < 1.29 is 9.18 Å². The number of nitrogens with zero attached hydrogens (tertiary/aromatic N) is 4. The van der Waals surface area contributed by atoms with Gasteiger partial charge in [0.15, 0.2) is 5.13 Å². The minimum absolute atomic E-state index is 0.155. The third-order valence-electron chi connectivity index (χ3n) is 5.33. The Hall–Kier alpha value is -2.23. The number of carbonyl (C=O) groups is 1.